The largest absolute Gasteiger partial charge is 0.768 e. The van der Waals surface area contributed by atoms with E-state index in [9.17, 15) is 13.6 Å². The van der Waals surface area contributed by atoms with Crippen LogP contribution < -0.4 is 0 Å². The van der Waals surface area contributed by atoms with Gasteiger partial charge in [0, 0.05) is 10.5 Å². The summed E-state index contributed by atoms with van der Waals surface area (Å²) in [5.41, 5.74) is 0.224. The molecule has 76 valence electrons. The molecule has 0 spiro atoms. The summed E-state index contributed by atoms with van der Waals surface area (Å²) in [5.74, 6) is 0. The van der Waals surface area contributed by atoms with E-state index in [1.54, 1.807) is 18.2 Å². The maximum Gasteiger partial charge on any atom is 0.151 e. The highest BCUT2D eigenvalue weighted by atomic mass is 32.2. The highest BCUT2D eigenvalue weighted by Gasteiger charge is 2.06. The highest BCUT2D eigenvalue weighted by Crippen LogP contribution is 2.22. The molecule has 0 heterocycles. The molecule has 0 bridgehead atoms. The SMILES string of the molecule is O=Cc1c(S(=O)[O-])ccc2ccccc12. The van der Waals surface area contributed by atoms with Gasteiger partial charge in [-0.1, -0.05) is 30.3 Å². The molecule has 4 heteroatoms. The minimum atomic E-state index is -2.38. The van der Waals surface area contributed by atoms with Crippen molar-refractivity contribution in [3.8, 4) is 0 Å². The molecule has 0 aliphatic carbocycles. The van der Waals surface area contributed by atoms with E-state index in [0.29, 0.717) is 11.7 Å². The van der Waals surface area contributed by atoms with Gasteiger partial charge in [-0.05, 0) is 27.9 Å². The number of hydrogen-bond acceptors (Lipinski definition) is 3. The Labute approximate surface area is 89.0 Å². The molecule has 15 heavy (non-hydrogen) atoms. The molecule has 0 aliphatic heterocycles. The van der Waals surface area contributed by atoms with Crippen molar-refractivity contribution in [3.63, 3.8) is 0 Å². The number of benzene rings is 2. The van der Waals surface area contributed by atoms with Gasteiger partial charge in [-0.3, -0.25) is 9.00 Å². The highest BCUT2D eigenvalue weighted by molar-refractivity contribution is 7.79. The van der Waals surface area contributed by atoms with E-state index < -0.39 is 11.1 Å². The molecule has 2 rings (SSSR count). The van der Waals surface area contributed by atoms with Gasteiger partial charge in [-0.25, -0.2) is 0 Å². The van der Waals surface area contributed by atoms with Crippen LogP contribution in [-0.2, 0) is 11.1 Å². The van der Waals surface area contributed by atoms with Crippen molar-refractivity contribution < 1.29 is 13.6 Å². The zero-order chi connectivity index (χ0) is 10.8. The van der Waals surface area contributed by atoms with Crippen LogP contribution in [0.2, 0.25) is 0 Å². The molecular weight excluding hydrogens is 212 g/mol. The summed E-state index contributed by atoms with van der Waals surface area (Å²) >= 11 is -2.38. The Morgan fingerprint density at radius 1 is 1.13 bits per heavy atom. The Balaban J connectivity index is 2.87. The van der Waals surface area contributed by atoms with Crippen molar-refractivity contribution in [1.82, 2.24) is 0 Å². The maximum atomic E-state index is 10.9. The fourth-order valence-corrected chi connectivity index (χ4v) is 2.06. The minimum Gasteiger partial charge on any atom is -0.768 e. The van der Waals surface area contributed by atoms with E-state index in [1.807, 2.05) is 12.1 Å². The smallest absolute Gasteiger partial charge is 0.151 e. The van der Waals surface area contributed by atoms with Crippen LogP contribution in [-0.4, -0.2) is 15.0 Å². The summed E-state index contributed by atoms with van der Waals surface area (Å²) in [4.78, 5) is 10.9. The molecule has 0 radical (unpaired) electrons. The topological polar surface area (TPSA) is 57.2 Å². The van der Waals surface area contributed by atoms with E-state index in [-0.39, 0.29) is 10.5 Å². The lowest BCUT2D eigenvalue weighted by Crippen LogP contribution is -1.96. The third-order valence-electron chi connectivity index (χ3n) is 2.23. The van der Waals surface area contributed by atoms with Gasteiger partial charge in [-0.2, -0.15) is 0 Å². The zero-order valence-electron chi connectivity index (χ0n) is 7.67. The van der Waals surface area contributed by atoms with E-state index in [4.69, 9.17) is 0 Å². The molecule has 2 aromatic rings. The van der Waals surface area contributed by atoms with Gasteiger partial charge >= 0.3 is 0 Å². The second-order valence-electron chi connectivity index (χ2n) is 3.05. The van der Waals surface area contributed by atoms with Gasteiger partial charge in [-0.15, -0.1) is 0 Å². The monoisotopic (exact) mass is 219 g/mol. The lowest BCUT2D eigenvalue weighted by Gasteiger charge is -2.10. The predicted molar refractivity (Wildman–Crippen MR) is 56.5 cm³/mol. The molecule has 0 fully saturated rings. The van der Waals surface area contributed by atoms with E-state index >= 15 is 0 Å². The Hall–Kier alpha value is -1.52. The Bertz CT molecular complexity index is 549. The lowest BCUT2D eigenvalue weighted by molar-refractivity contribution is 0.112. The second kappa shape index (κ2) is 3.92. The van der Waals surface area contributed by atoms with Crippen LogP contribution in [0.1, 0.15) is 10.4 Å². The normalized spacial score (nSPS) is 12.6. The molecule has 1 unspecified atom stereocenters. The van der Waals surface area contributed by atoms with Crippen molar-refractivity contribution >= 4 is 28.1 Å². The quantitative estimate of drug-likeness (QED) is 0.572. The van der Waals surface area contributed by atoms with Gasteiger partial charge in [0.25, 0.3) is 0 Å². The van der Waals surface area contributed by atoms with Gasteiger partial charge in [0.1, 0.15) is 0 Å². The van der Waals surface area contributed by atoms with Gasteiger partial charge in [0.2, 0.25) is 0 Å². The number of carbonyl (C=O) groups excluding carboxylic acids is 1. The Morgan fingerprint density at radius 3 is 2.53 bits per heavy atom. The minimum absolute atomic E-state index is 0.0451. The molecule has 0 aromatic heterocycles. The molecule has 0 N–H and O–H groups in total. The van der Waals surface area contributed by atoms with Gasteiger partial charge in [0.05, 0.1) is 0 Å². The summed E-state index contributed by atoms with van der Waals surface area (Å²) in [6.07, 6.45) is 0.577. The number of hydrogen-bond donors (Lipinski definition) is 0. The third-order valence-corrected chi connectivity index (χ3v) is 2.94. The Kier molecular flexibility index (Phi) is 2.62. The summed E-state index contributed by atoms with van der Waals surface area (Å²) < 4.78 is 21.7. The summed E-state index contributed by atoms with van der Waals surface area (Å²) in [5, 5.41) is 1.52. The molecular formula is C11H7O3S-. The first-order valence-electron chi connectivity index (χ1n) is 4.30. The number of aldehydes is 1. The van der Waals surface area contributed by atoms with Crippen molar-refractivity contribution in [1.29, 1.82) is 0 Å². The van der Waals surface area contributed by atoms with Crippen molar-refractivity contribution in [2.45, 2.75) is 4.90 Å². The first kappa shape index (κ1) is 10.0. The van der Waals surface area contributed by atoms with Gasteiger partial charge < -0.3 is 4.55 Å². The number of carbonyl (C=O) groups is 1. The fourth-order valence-electron chi connectivity index (χ4n) is 1.54. The van der Waals surface area contributed by atoms with Crippen LogP contribution in [0.25, 0.3) is 10.8 Å². The van der Waals surface area contributed by atoms with Crippen molar-refractivity contribution in [2.75, 3.05) is 0 Å². The summed E-state index contributed by atoms with van der Waals surface area (Å²) in [6.45, 7) is 0. The van der Waals surface area contributed by atoms with Crippen LogP contribution in [0.5, 0.6) is 0 Å². The first-order valence-corrected chi connectivity index (χ1v) is 5.37. The lowest BCUT2D eigenvalue weighted by atomic mass is 10.1. The van der Waals surface area contributed by atoms with Crippen molar-refractivity contribution in [3.05, 3.63) is 42.0 Å². The van der Waals surface area contributed by atoms with E-state index in [0.717, 1.165) is 5.39 Å². The van der Waals surface area contributed by atoms with E-state index in [2.05, 4.69) is 0 Å². The standard InChI is InChI=1S/C11H8O3S/c12-7-10-9-4-2-1-3-8(9)5-6-11(10)15(13)14/h1-7H,(H,13,14)/p-1. The van der Waals surface area contributed by atoms with Crippen LogP contribution >= 0.6 is 0 Å². The molecule has 0 amide bonds. The maximum absolute atomic E-state index is 10.9. The first-order chi connectivity index (χ1) is 7.24. The van der Waals surface area contributed by atoms with Crippen molar-refractivity contribution in [2.24, 2.45) is 0 Å². The number of rotatable bonds is 2. The van der Waals surface area contributed by atoms with E-state index in [1.165, 1.54) is 6.07 Å². The molecule has 0 saturated carbocycles. The van der Waals surface area contributed by atoms with Crippen LogP contribution in [0.15, 0.2) is 41.3 Å². The fraction of sp³-hybridized carbons (Fsp3) is 0. The summed E-state index contributed by atoms with van der Waals surface area (Å²) in [6, 6.07) is 10.3. The molecule has 0 aliphatic rings. The average Bonchev–Trinajstić information content (AvgIpc) is 2.27. The third kappa shape index (κ3) is 1.69. The predicted octanol–water partition coefficient (Wildman–Crippen LogP) is 1.89. The molecule has 3 nitrogen and oxygen atoms in total. The van der Waals surface area contributed by atoms with Crippen LogP contribution in [0.3, 0.4) is 0 Å². The number of fused-ring (bicyclic) bond motifs is 1. The second-order valence-corrected chi connectivity index (χ2v) is 3.96. The molecule has 2 aromatic carbocycles. The summed E-state index contributed by atoms with van der Waals surface area (Å²) in [7, 11) is 0. The van der Waals surface area contributed by atoms with Gasteiger partial charge in [0.15, 0.2) is 6.29 Å². The molecule has 1 atom stereocenters. The van der Waals surface area contributed by atoms with Crippen LogP contribution in [0, 0.1) is 0 Å². The Morgan fingerprint density at radius 2 is 1.87 bits per heavy atom. The molecule has 0 saturated heterocycles. The zero-order valence-corrected chi connectivity index (χ0v) is 8.49. The van der Waals surface area contributed by atoms with Crippen LogP contribution in [0.4, 0.5) is 0 Å². The average molecular weight is 219 g/mol.